The molecule has 2 atom stereocenters. The van der Waals surface area contributed by atoms with Gasteiger partial charge in [-0.1, -0.05) is 0 Å². The first-order valence-corrected chi connectivity index (χ1v) is 6.57. The van der Waals surface area contributed by atoms with Crippen molar-refractivity contribution in [2.45, 2.75) is 25.1 Å². The first-order valence-electron chi connectivity index (χ1n) is 5.02. The van der Waals surface area contributed by atoms with Crippen molar-refractivity contribution in [1.82, 2.24) is 10.0 Å². The van der Waals surface area contributed by atoms with Gasteiger partial charge in [0.1, 0.15) is 0 Å². The lowest BCUT2D eigenvalue weighted by Gasteiger charge is -2.15. The third-order valence-corrected chi connectivity index (χ3v) is 3.71. The van der Waals surface area contributed by atoms with Gasteiger partial charge in [0.25, 0.3) is 0 Å². The first kappa shape index (κ1) is 15.8. The van der Waals surface area contributed by atoms with E-state index in [0.717, 1.165) is 0 Å². The summed E-state index contributed by atoms with van der Waals surface area (Å²) in [6.07, 6.45) is 0. The second kappa shape index (κ2) is 7.21. The molecule has 0 heterocycles. The van der Waals surface area contributed by atoms with Gasteiger partial charge in [0.2, 0.25) is 15.9 Å². The van der Waals surface area contributed by atoms with E-state index in [1.165, 1.54) is 21.0 Å². The van der Waals surface area contributed by atoms with Crippen molar-refractivity contribution in [1.29, 1.82) is 5.26 Å². The molecular weight excluding hydrogens is 246 g/mol. The Balaban J connectivity index is 4.31. The highest BCUT2D eigenvalue weighted by Crippen LogP contribution is 1.98. The summed E-state index contributed by atoms with van der Waals surface area (Å²) in [4.78, 5) is 11.4. The smallest absolute Gasteiger partial charge is 0.237 e. The van der Waals surface area contributed by atoms with Crippen LogP contribution in [0.15, 0.2) is 0 Å². The number of ether oxygens (including phenoxy) is 1. The highest BCUT2D eigenvalue weighted by molar-refractivity contribution is 7.90. The third kappa shape index (κ3) is 5.63. The number of sulfonamides is 1. The molecule has 0 rings (SSSR count). The topological polar surface area (TPSA) is 108 Å². The molecule has 0 saturated heterocycles. The van der Waals surface area contributed by atoms with Gasteiger partial charge in [0.05, 0.1) is 18.7 Å². The van der Waals surface area contributed by atoms with E-state index < -0.39 is 27.2 Å². The summed E-state index contributed by atoms with van der Waals surface area (Å²) in [5.74, 6) is -0.462. The van der Waals surface area contributed by atoms with E-state index in [0.29, 0.717) is 13.2 Å². The van der Waals surface area contributed by atoms with E-state index in [1.807, 2.05) is 0 Å². The molecule has 0 aliphatic rings. The molecule has 0 radical (unpaired) electrons. The van der Waals surface area contributed by atoms with Gasteiger partial charge in [0.15, 0.2) is 5.25 Å². The predicted molar refractivity (Wildman–Crippen MR) is 61.5 cm³/mol. The van der Waals surface area contributed by atoms with Gasteiger partial charge >= 0.3 is 0 Å². The summed E-state index contributed by atoms with van der Waals surface area (Å²) in [7, 11) is -2.30. The molecule has 0 aromatic carbocycles. The van der Waals surface area contributed by atoms with Gasteiger partial charge in [-0.25, -0.2) is 13.1 Å². The molecule has 0 aliphatic heterocycles. The summed E-state index contributed by atoms with van der Waals surface area (Å²) in [5.41, 5.74) is 0. The van der Waals surface area contributed by atoms with Gasteiger partial charge in [-0.2, -0.15) is 5.26 Å². The second-order valence-electron chi connectivity index (χ2n) is 3.44. The van der Waals surface area contributed by atoms with Gasteiger partial charge in [0, 0.05) is 13.7 Å². The van der Waals surface area contributed by atoms with E-state index in [-0.39, 0.29) is 0 Å². The van der Waals surface area contributed by atoms with E-state index in [4.69, 9.17) is 10.00 Å². The van der Waals surface area contributed by atoms with Gasteiger partial charge in [-0.05, 0) is 13.8 Å². The number of nitriles is 1. The summed E-state index contributed by atoms with van der Waals surface area (Å²) < 4.78 is 29.8. The molecule has 0 aromatic rings. The highest BCUT2D eigenvalue weighted by Gasteiger charge is 2.25. The Morgan fingerprint density at radius 1 is 1.47 bits per heavy atom. The van der Waals surface area contributed by atoms with Crippen LogP contribution in [0.4, 0.5) is 0 Å². The monoisotopic (exact) mass is 263 g/mol. The Labute approximate surface area is 101 Å². The van der Waals surface area contributed by atoms with Crippen LogP contribution in [-0.2, 0) is 19.6 Å². The standard InChI is InChI=1S/C9H17N3O4S/c1-7(6-10)17(14,15)12-8(2)9(13)11-4-5-16-3/h7-8,12H,4-5H2,1-3H3,(H,11,13). The maximum atomic E-state index is 11.5. The van der Waals surface area contributed by atoms with Crippen LogP contribution in [0.2, 0.25) is 0 Å². The fourth-order valence-electron chi connectivity index (χ4n) is 0.901. The SMILES string of the molecule is COCCNC(=O)C(C)NS(=O)(=O)C(C)C#N. The molecule has 0 aromatic heterocycles. The van der Waals surface area contributed by atoms with Crippen LogP contribution in [0, 0.1) is 11.3 Å². The molecular formula is C9H17N3O4S. The molecule has 17 heavy (non-hydrogen) atoms. The number of methoxy groups -OCH3 is 1. The first-order chi connectivity index (χ1) is 7.85. The van der Waals surface area contributed by atoms with E-state index in [1.54, 1.807) is 6.07 Å². The van der Waals surface area contributed by atoms with Crippen molar-refractivity contribution in [3.63, 3.8) is 0 Å². The number of carbonyl (C=O) groups is 1. The zero-order chi connectivity index (χ0) is 13.5. The molecule has 1 amide bonds. The Hall–Kier alpha value is -1.17. The Morgan fingerprint density at radius 3 is 2.53 bits per heavy atom. The zero-order valence-electron chi connectivity index (χ0n) is 10.1. The number of nitrogens with one attached hydrogen (secondary N) is 2. The zero-order valence-corrected chi connectivity index (χ0v) is 10.9. The molecule has 0 aliphatic carbocycles. The van der Waals surface area contributed by atoms with Crippen molar-refractivity contribution in [3.8, 4) is 6.07 Å². The quantitative estimate of drug-likeness (QED) is 0.571. The summed E-state index contributed by atoms with van der Waals surface area (Å²) in [5, 5.41) is 9.80. The number of rotatable bonds is 7. The lowest BCUT2D eigenvalue weighted by Crippen LogP contribution is -2.47. The number of carbonyl (C=O) groups excluding carboxylic acids is 1. The van der Waals surface area contributed by atoms with Crippen LogP contribution in [0.5, 0.6) is 0 Å². The molecule has 98 valence electrons. The molecule has 2 N–H and O–H groups in total. The largest absolute Gasteiger partial charge is 0.383 e. The lowest BCUT2D eigenvalue weighted by atomic mass is 10.3. The average molecular weight is 263 g/mol. The molecule has 7 nitrogen and oxygen atoms in total. The maximum Gasteiger partial charge on any atom is 0.237 e. The van der Waals surface area contributed by atoms with Crippen molar-refractivity contribution in [2.24, 2.45) is 0 Å². The molecule has 0 bridgehead atoms. The molecule has 0 saturated carbocycles. The van der Waals surface area contributed by atoms with Crippen LogP contribution in [-0.4, -0.2) is 45.9 Å². The molecule has 2 unspecified atom stereocenters. The van der Waals surface area contributed by atoms with Gasteiger partial charge in [-0.3, -0.25) is 4.79 Å². The Bertz CT molecular complexity index is 388. The Morgan fingerprint density at radius 2 is 2.06 bits per heavy atom. The van der Waals surface area contributed by atoms with Crippen LogP contribution < -0.4 is 10.0 Å². The van der Waals surface area contributed by atoms with Crippen molar-refractivity contribution >= 4 is 15.9 Å². The molecule has 0 spiro atoms. The third-order valence-electron chi connectivity index (χ3n) is 1.99. The second-order valence-corrected chi connectivity index (χ2v) is 5.47. The average Bonchev–Trinajstić information content (AvgIpc) is 2.27. The van der Waals surface area contributed by atoms with E-state index in [2.05, 4.69) is 10.0 Å². The number of hydrogen-bond donors (Lipinski definition) is 2. The van der Waals surface area contributed by atoms with Gasteiger partial charge in [-0.15, -0.1) is 0 Å². The fourth-order valence-corrected chi connectivity index (χ4v) is 1.84. The predicted octanol–water partition coefficient (Wildman–Crippen LogP) is -1.03. The van der Waals surface area contributed by atoms with E-state index in [9.17, 15) is 13.2 Å². The number of nitrogens with zero attached hydrogens (tertiary/aromatic N) is 1. The van der Waals surface area contributed by atoms with E-state index >= 15 is 0 Å². The summed E-state index contributed by atoms with van der Waals surface area (Å²) in [6.45, 7) is 3.30. The van der Waals surface area contributed by atoms with Crippen molar-refractivity contribution in [3.05, 3.63) is 0 Å². The van der Waals surface area contributed by atoms with Crippen molar-refractivity contribution in [2.75, 3.05) is 20.3 Å². The molecule has 0 fully saturated rings. The minimum Gasteiger partial charge on any atom is -0.383 e. The number of amides is 1. The Kier molecular flexibility index (Phi) is 6.72. The summed E-state index contributed by atoms with van der Waals surface area (Å²) in [6, 6.07) is 0.676. The lowest BCUT2D eigenvalue weighted by molar-refractivity contribution is -0.122. The fraction of sp³-hybridized carbons (Fsp3) is 0.778. The van der Waals surface area contributed by atoms with Crippen LogP contribution >= 0.6 is 0 Å². The minimum atomic E-state index is -3.79. The number of hydrogen-bond acceptors (Lipinski definition) is 5. The normalized spacial score (nSPS) is 14.7. The molecule has 8 heteroatoms. The van der Waals surface area contributed by atoms with Crippen LogP contribution in [0.3, 0.4) is 0 Å². The van der Waals surface area contributed by atoms with Gasteiger partial charge < -0.3 is 10.1 Å². The maximum absolute atomic E-state index is 11.5. The van der Waals surface area contributed by atoms with Crippen LogP contribution in [0.1, 0.15) is 13.8 Å². The minimum absolute atomic E-state index is 0.301. The summed E-state index contributed by atoms with van der Waals surface area (Å²) >= 11 is 0. The van der Waals surface area contributed by atoms with Crippen molar-refractivity contribution < 1.29 is 17.9 Å². The highest BCUT2D eigenvalue weighted by atomic mass is 32.2. The van der Waals surface area contributed by atoms with Crippen LogP contribution in [0.25, 0.3) is 0 Å².